The molecule has 0 aliphatic heterocycles. The maximum Gasteiger partial charge on any atom is 0.241 e. The van der Waals surface area contributed by atoms with Crippen LogP contribution in [0.15, 0.2) is 34.0 Å². The summed E-state index contributed by atoms with van der Waals surface area (Å²) in [6, 6.07) is 4.36. The summed E-state index contributed by atoms with van der Waals surface area (Å²) in [4.78, 5) is 3.76. The molecule has 0 aliphatic carbocycles. The van der Waals surface area contributed by atoms with Gasteiger partial charge in [-0.05, 0) is 17.7 Å². The first-order valence-corrected chi connectivity index (χ1v) is 7.12. The first-order chi connectivity index (χ1) is 9.03. The van der Waals surface area contributed by atoms with Crippen molar-refractivity contribution in [2.75, 3.05) is 0 Å². The molecule has 9 heteroatoms. The summed E-state index contributed by atoms with van der Waals surface area (Å²) in [5, 5.41) is 3.81. The molecule has 0 radical (unpaired) electrons. The van der Waals surface area contributed by atoms with Crippen LogP contribution in [0.4, 0.5) is 0 Å². The van der Waals surface area contributed by atoms with Gasteiger partial charge in [0.2, 0.25) is 16.4 Å². The molecule has 2 aromatic rings. The minimum atomic E-state index is -3.68. The number of nitrogens with one attached hydrogen (secondary N) is 1. The molecule has 0 aliphatic rings. The van der Waals surface area contributed by atoms with Crippen molar-refractivity contribution >= 4 is 21.6 Å². The third-order valence-corrected chi connectivity index (χ3v) is 4.13. The molecule has 102 valence electrons. The fourth-order valence-corrected chi connectivity index (χ4v) is 2.70. The monoisotopic (exact) mass is 302 g/mol. The van der Waals surface area contributed by atoms with Crippen LogP contribution < -0.4 is 10.5 Å². The Kier molecular flexibility index (Phi) is 4.15. The molecule has 7 nitrogen and oxygen atoms in total. The van der Waals surface area contributed by atoms with Crippen LogP contribution in [-0.4, -0.2) is 18.6 Å². The van der Waals surface area contributed by atoms with Crippen molar-refractivity contribution in [3.8, 4) is 0 Å². The van der Waals surface area contributed by atoms with Crippen LogP contribution in [0.2, 0.25) is 5.02 Å². The Morgan fingerprint density at radius 3 is 2.79 bits per heavy atom. The first kappa shape index (κ1) is 13.9. The lowest BCUT2D eigenvalue weighted by molar-refractivity contribution is 0.409. The quantitative estimate of drug-likeness (QED) is 0.839. The molecule has 1 heterocycles. The van der Waals surface area contributed by atoms with Gasteiger partial charge in [0, 0.05) is 11.6 Å². The van der Waals surface area contributed by atoms with E-state index in [0.717, 1.165) is 6.39 Å². The number of rotatable bonds is 5. The van der Waals surface area contributed by atoms with Gasteiger partial charge in [0.1, 0.15) is 0 Å². The Balaban J connectivity index is 2.17. The number of hydrogen-bond acceptors (Lipinski definition) is 6. The van der Waals surface area contributed by atoms with E-state index in [9.17, 15) is 8.42 Å². The van der Waals surface area contributed by atoms with Crippen molar-refractivity contribution < 1.29 is 12.9 Å². The van der Waals surface area contributed by atoms with Crippen LogP contribution in [0.25, 0.3) is 0 Å². The molecule has 3 N–H and O–H groups in total. The Morgan fingerprint density at radius 1 is 1.42 bits per heavy atom. The third-order valence-electron chi connectivity index (χ3n) is 2.38. The highest BCUT2D eigenvalue weighted by Gasteiger charge is 2.16. The van der Waals surface area contributed by atoms with Crippen molar-refractivity contribution in [2.24, 2.45) is 5.73 Å². The zero-order valence-corrected chi connectivity index (χ0v) is 11.3. The lowest BCUT2D eigenvalue weighted by Crippen LogP contribution is -2.23. The Labute approximate surface area is 114 Å². The zero-order chi connectivity index (χ0) is 13.9. The van der Waals surface area contributed by atoms with Crippen molar-refractivity contribution in [2.45, 2.75) is 18.0 Å². The molecule has 2 rings (SSSR count). The summed E-state index contributed by atoms with van der Waals surface area (Å²) >= 11 is 5.92. The number of nitrogens with two attached hydrogens (primary N) is 1. The fourth-order valence-electron chi connectivity index (χ4n) is 1.37. The van der Waals surface area contributed by atoms with Crippen LogP contribution in [0.5, 0.6) is 0 Å². The first-order valence-electron chi connectivity index (χ1n) is 5.26. The molecule has 19 heavy (non-hydrogen) atoms. The van der Waals surface area contributed by atoms with Gasteiger partial charge in [0.05, 0.1) is 11.4 Å². The molecule has 0 atom stereocenters. The minimum Gasteiger partial charge on any atom is -0.343 e. The summed E-state index contributed by atoms with van der Waals surface area (Å²) in [7, 11) is -3.68. The molecule has 0 saturated heterocycles. The van der Waals surface area contributed by atoms with Crippen molar-refractivity contribution in [1.29, 1.82) is 0 Å². The van der Waals surface area contributed by atoms with Gasteiger partial charge < -0.3 is 10.3 Å². The second-order valence-corrected chi connectivity index (χ2v) is 5.80. The number of aromatic nitrogens is 2. The van der Waals surface area contributed by atoms with Gasteiger partial charge in [-0.1, -0.05) is 22.8 Å². The minimum absolute atomic E-state index is 0.0539. The van der Waals surface area contributed by atoms with E-state index in [1.165, 1.54) is 12.1 Å². The number of sulfonamides is 1. The predicted octanol–water partition coefficient (Wildman–Crippen LogP) is 0.660. The summed E-state index contributed by atoms with van der Waals surface area (Å²) in [6.07, 6.45) is 1.12. The van der Waals surface area contributed by atoms with E-state index in [2.05, 4.69) is 19.4 Å². The van der Waals surface area contributed by atoms with E-state index in [1.807, 2.05) is 0 Å². The summed E-state index contributed by atoms with van der Waals surface area (Å²) in [5.41, 5.74) is 6.14. The molecule has 0 unspecified atom stereocenters. The maximum atomic E-state index is 12.0. The van der Waals surface area contributed by atoms with Crippen LogP contribution in [0, 0.1) is 0 Å². The van der Waals surface area contributed by atoms with Gasteiger partial charge in [0.15, 0.2) is 5.82 Å². The highest BCUT2D eigenvalue weighted by Crippen LogP contribution is 2.20. The predicted molar refractivity (Wildman–Crippen MR) is 67.7 cm³/mol. The average Bonchev–Trinajstić information content (AvgIpc) is 2.89. The lowest BCUT2D eigenvalue weighted by atomic mass is 10.2. The standard InChI is InChI=1S/C10H11ClN4O3S/c11-9-3-8(2-1-7(9)4-12)19(16,17)14-5-10-13-6-18-15-10/h1-3,6,14H,4-5,12H2. The van der Waals surface area contributed by atoms with E-state index in [-0.39, 0.29) is 23.8 Å². The average molecular weight is 303 g/mol. The van der Waals surface area contributed by atoms with Gasteiger partial charge in [-0.3, -0.25) is 0 Å². The van der Waals surface area contributed by atoms with Crippen molar-refractivity contribution in [3.63, 3.8) is 0 Å². The molecule has 1 aromatic carbocycles. The SMILES string of the molecule is NCc1ccc(S(=O)(=O)NCc2ncon2)cc1Cl. The number of nitrogens with zero attached hydrogens (tertiary/aromatic N) is 2. The van der Waals surface area contributed by atoms with E-state index < -0.39 is 10.0 Å². The van der Waals surface area contributed by atoms with Gasteiger partial charge in [-0.25, -0.2) is 13.1 Å². The van der Waals surface area contributed by atoms with Gasteiger partial charge in [0.25, 0.3) is 0 Å². The molecule has 0 spiro atoms. The van der Waals surface area contributed by atoms with E-state index in [4.69, 9.17) is 17.3 Å². The number of benzene rings is 1. The van der Waals surface area contributed by atoms with Crippen LogP contribution >= 0.6 is 11.6 Å². The maximum absolute atomic E-state index is 12.0. The summed E-state index contributed by atoms with van der Waals surface area (Å²) in [5.74, 6) is 0.244. The molecule has 0 amide bonds. The van der Waals surface area contributed by atoms with Gasteiger partial charge in [-0.15, -0.1) is 0 Å². The fraction of sp³-hybridized carbons (Fsp3) is 0.200. The van der Waals surface area contributed by atoms with E-state index in [0.29, 0.717) is 10.6 Å². The second kappa shape index (κ2) is 5.66. The highest BCUT2D eigenvalue weighted by molar-refractivity contribution is 7.89. The van der Waals surface area contributed by atoms with E-state index in [1.54, 1.807) is 6.07 Å². The lowest BCUT2D eigenvalue weighted by Gasteiger charge is -2.07. The third kappa shape index (κ3) is 3.29. The van der Waals surface area contributed by atoms with Crippen LogP contribution in [0.3, 0.4) is 0 Å². The largest absolute Gasteiger partial charge is 0.343 e. The van der Waals surface area contributed by atoms with Crippen molar-refractivity contribution in [1.82, 2.24) is 14.9 Å². The highest BCUT2D eigenvalue weighted by atomic mass is 35.5. The smallest absolute Gasteiger partial charge is 0.241 e. The molecule has 1 aromatic heterocycles. The normalized spacial score (nSPS) is 11.7. The Morgan fingerprint density at radius 2 is 2.21 bits per heavy atom. The number of halogens is 1. The summed E-state index contributed by atoms with van der Waals surface area (Å²) in [6.45, 7) is 0.185. The Bertz CT molecular complexity index is 657. The molecule has 0 saturated carbocycles. The molecular formula is C10H11ClN4O3S. The molecule has 0 fully saturated rings. The second-order valence-electron chi connectivity index (χ2n) is 3.63. The van der Waals surface area contributed by atoms with Crippen LogP contribution in [0.1, 0.15) is 11.4 Å². The van der Waals surface area contributed by atoms with E-state index >= 15 is 0 Å². The zero-order valence-electron chi connectivity index (χ0n) is 9.71. The van der Waals surface area contributed by atoms with Crippen molar-refractivity contribution in [3.05, 3.63) is 41.0 Å². The topological polar surface area (TPSA) is 111 Å². The number of hydrogen-bond donors (Lipinski definition) is 2. The molecule has 0 bridgehead atoms. The molecular weight excluding hydrogens is 292 g/mol. The van der Waals surface area contributed by atoms with Gasteiger partial charge in [-0.2, -0.15) is 4.98 Å². The Hall–Kier alpha value is -1.48. The summed E-state index contributed by atoms with van der Waals surface area (Å²) < 4.78 is 30.8. The van der Waals surface area contributed by atoms with Crippen LogP contribution in [-0.2, 0) is 23.1 Å². The van der Waals surface area contributed by atoms with Gasteiger partial charge >= 0.3 is 0 Å².